The Morgan fingerprint density at radius 2 is 1.30 bits per heavy atom. The Kier molecular flexibility index (Phi) is 5.30. The molecule has 5 rings (SSSR count). The SMILES string of the molecule is COc1cc(C)nc2ccc(-c3nc(SC)nc(-c4ccc5nc(C)cc(N)c5c4)n3)cc12. The Morgan fingerprint density at radius 1 is 0.727 bits per heavy atom. The lowest BCUT2D eigenvalue weighted by Crippen LogP contribution is -2.00. The third-order valence-corrected chi connectivity index (χ3v) is 5.95. The van der Waals surface area contributed by atoms with Crippen LogP contribution in [0.15, 0.2) is 53.7 Å². The molecule has 0 fully saturated rings. The summed E-state index contributed by atoms with van der Waals surface area (Å²) in [5.41, 5.74) is 12.2. The van der Waals surface area contributed by atoms with E-state index in [0.717, 1.165) is 50.1 Å². The first kappa shape index (κ1) is 21.1. The minimum Gasteiger partial charge on any atom is -0.496 e. The summed E-state index contributed by atoms with van der Waals surface area (Å²) < 4.78 is 5.58. The van der Waals surface area contributed by atoms with E-state index in [2.05, 4.69) is 19.9 Å². The van der Waals surface area contributed by atoms with E-state index in [1.165, 1.54) is 11.8 Å². The normalized spacial score (nSPS) is 11.3. The number of benzene rings is 2. The van der Waals surface area contributed by atoms with Crippen LogP contribution in [-0.2, 0) is 0 Å². The molecule has 0 aliphatic rings. The van der Waals surface area contributed by atoms with Gasteiger partial charge in [0.1, 0.15) is 5.75 Å². The highest BCUT2D eigenvalue weighted by molar-refractivity contribution is 7.98. The third kappa shape index (κ3) is 3.93. The molecule has 0 aliphatic carbocycles. The molecule has 0 spiro atoms. The van der Waals surface area contributed by atoms with E-state index in [0.29, 0.717) is 22.5 Å². The standard InChI is InChI=1S/C25H22N6OS/c1-13-9-19(26)17-11-15(5-7-20(17)27-13)23-29-24(31-25(30-23)33-4)16-6-8-21-18(12-16)22(32-3)10-14(2)28-21/h5-12H,1-4H3,(H2,26,27). The fourth-order valence-corrected chi connectivity index (χ4v) is 4.22. The van der Waals surface area contributed by atoms with Crippen LogP contribution in [0.2, 0.25) is 0 Å². The van der Waals surface area contributed by atoms with Gasteiger partial charge in [0.2, 0.25) is 0 Å². The summed E-state index contributed by atoms with van der Waals surface area (Å²) in [6.45, 7) is 3.88. The van der Waals surface area contributed by atoms with E-state index in [9.17, 15) is 0 Å². The molecule has 8 heteroatoms. The number of nitrogens with two attached hydrogens (primary N) is 1. The molecule has 0 radical (unpaired) electrons. The van der Waals surface area contributed by atoms with Gasteiger partial charge in [0.15, 0.2) is 16.8 Å². The number of ether oxygens (including phenoxy) is 1. The van der Waals surface area contributed by atoms with Crippen LogP contribution in [0.1, 0.15) is 11.4 Å². The van der Waals surface area contributed by atoms with Gasteiger partial charge in [-0.05, 0) is 62.6 Å². The van der Waals surface area contributed by atoms with E-state index in [1.54, 1.807) is 7.11 Å². The number of hydrogen-bond donors (Lipinski definition) is 1. The summed E-state index contributed by atoms with van der Waals surface area (Å²) in [4.78, 5) is 23.3. The summed E-state index contributed by atoms with van der Waals surface area (Å²) in [5.74, 6) is 1.94. The summed E-state index contributed by atoms with van der Waals surface area (Å²) >= 11 is 1.47. The predicted octanol–water partition coefficient (Wildman–Crippen LogP) is 5.23. The molecule has 0 unspecified atom stereocenters. The maximum atomic E-state index is 6.26. The summed E-state index contributed by atoms with van der Waals surface area (Å²) in [6, 6.07) is 15.6. The van der Waals surface area contributed by atoms with Crippen molar-refractivity contribution >= 4 is 39.3 Å². The van der Waals surface area contributed by atoms with Crippen molar-refractivity contribution in [2.75, 3.05) is 19.1 Å². The summed E-state index contributed by atoms with van der Waals surface area (Å²) in [7, 11) is 1.66. The van der Waals surface area contributed by atoms with Crippen LogP contribution in [0, 0.1) is 13.8 Å². The second kappa shape index (κ2) is 8.29. The van der Waals surface area contributed by atoms with Gasteiger partial charge in [-0.2, -0.15) is 0 Å². The van der Waals surface area contributed by atoms with Gasteiger partial charge in [-0.15, -0.1) is 0 Å². The van der Waals surface area contributed by atoms with Gasteiger partial charge in [-0.25, -0.2) is 15.0 Å². The molecular formula is C25H22N6OS. The molecule has 7 nitrogen and oxygen atoms in total. The second-order valence-electron chi connectivity index (χ2n) is 7.75. The monoisotopic (exact) mass is 454 g/mol. The van der Waals surface area contributed by atoms with E-state index in [1.807, 2.05) is 68.6 Å². The van der Waals surface area contributed by atoms with Gasteiger partial charge in [-0.1, -0.05) is 11.8 Å². The molecule has 0 bridgehead atoms. The number of fused-ring (bicyclic) bond motifs is 2. The molecule has 164 valence electrons. The molecule has 0 saturated heterocycles. The zero-order valence-electron chi connectivity index (χ0n) is 18.7. The molecule has 0 amide bonds. The fraction of sp³-hybridized carbons (Fsp3) is 0.160. The molecule has 2 N–H and O–H groups in total. The van der Waals surface area contributed by atoms with E-state index >= 15 is 0 Å². The molecule has 5 aromatic rings. The first-order valence-electron chi connectivity index (χ1n) is 10.4. The van der Waals surface area contributed by atoms with Crippen LogP contribution in [0.5, 0.6) is 5.75 Å². The number of nitrogen functional groups attached to an aromatic ring is 1. The lowest BCUT2D eigenvalue weighted by Gasteiger charge is -2.10. The smallest absolute Gasteiger partial charge is 0.191 e. The number of thioether (sulfide) groups is 1. The van der Waals surface area contributed by atoms with Gasteiger partial charge in [0.25, 0.3) is 0 Å². The number of aryl methyl sites for hydroxylation is 2. The van der Waals surface area contributed by atoms with Gasteiger partial charge in [-0.3, -0.25) is 9.97 Å². The largest absolute Gasteiger partial charge is 0.496 e. The lowest BCUT2D eigenvalue weighted by molar-refractivity contribution is 0.419. The molecule has 0 atom stereocenters. The Bertz CT molecular complexity index is 1540. The topological polar surface area (TPSA) is 99.7 Å². The van der Waals surface area contributed by atoms with E-state index in [4.69, 9.17) is 15.5 Å². The number of aromatic nitrogens is 5. The van der Waals surface area contributed by atoms with E-state index < -0.39 is 0 Å². The highest BCUT2D eigenvalue weighted by Crippen LogP contribution is 2.31. The average molecular weight is 455 g/mol. The average Bonchev–Trinajstić information content (AvgIpc) is 2.82. The maximum Gasteiger partial charge on any atom is 0.191 e. The van der Waals surface area contributed by atoms with Crippen LogP contribution in [-0.4, -0.2) is 38.3 Å². The Morgan fingerprint density at radius 3 is 1.91 bits per heavy atom. The number of pyridine rings is 2. The quantitative estimate of drug-likeness (QED) is 0.368. The zero-order valence-corrected chi connectivity index (χ0v) is 19.6. The fourth-order valence-electron chi connectivity index (χ4n) is 3.86. The number of hydrogen-bond acceptors (Lipinski definition) is 8. The van der Waals surface area contributed by atoms with Crippen LogP contribution < -0.4 is 10.5 Å². The van der Waals surface area contributed by atoms with Gasteiger partial charge < -0.3 is 10.5 Å². The van der Waals surface area contributed by atoms with Crippen molar-refractivity contribution in [3.63, 3.8) is 0 Å². The number of anilines is 1. The van der Waals surface area contributed by atoms with Crippen LogP contribution in [0.4, 0.5) is 5.69 Å². The van der Waals surface area contributed by atoms with E-state index in [-0.39, 0.29) is 0 Å². The molecule has 0 saturated carbocycles. The predicted molar refractivity (Wildman–Crippen MR) is 134 cm³/mol. The molecule has 2 aromatic carbocycles. The summed E-state index contributed by atoms with van der Waals surface area (Å²) in [5, 5.41) is 2.43. The van der Waals surface area contributed by atoms with Crippen molar-refractivity contribution in [1.82, 2.24) is 24.9 Å². The number of rotatable bonds is 4. The Balaban J connectivity index is 1.67. The van der Waals surface area contributed by atoms with Gasteiger partial charge in [0.05, 0.1) is 18.1 Å². The molecular weight excluding hydrogens is 432 g/mol. The van der Waals surface area contributed by atoms with Gasteiger partial charge >= 0.3 is 0 Å². The van der Waals surface area contributed by atoms with Gasteiger partial charge in [0, 0.05) is 45.0 Å². The molecule has 0 aliphatic heterocycles. The second-order valence-corrected chi connectivity index (χ2v) is 8.53. The van der Waals surface area contributed by atoms with Crippen molar-refractivity contribution in [2.24, 2.45) is 0 Å². The van der Waals surface area contributed by atoms with Crippen LogP contribution in [0.25, 0.3) is 44.6 Å². The van der Waals surface area contributed by atoms with Crippen molar-refractivity contribution < 1.29 is 4.74 Å². The Hall–Kier alpha value is -3.78. The van der Waals surface area contributed by atoms with Crippen LogP contribution >= 0.6 is 11.8 Å². The Labute approximate surface area is 195 Å². The number of methoxy groups -OCH3 is 1. The zero-order chi connectivity index (χ0) is 23.1. The van der Waals surface area contributed by atoms with Crippen molar-refractivity contribution in [1.29, 1.82) is 0 Å². The highest BCUT2D eigenvalue weighted by Gasteiger charge is 2.14. The first-order valence-corrected chi connectivity index (χ1v) is 11.6. The lowest BCUT2D eigenvalue weighted by atomic mass is 10.1. The van der Waals surface area contributed by atoms with Crippen molar-refractivity contribution in [3.05, 3.63) is 59.9 Å². The highest BCUT2D eigenvalue weighted by atomic mass is 32.2. The molecule has 33 heavy (non-hydrogen) atoms. The first-order chi connectivity index (χ1) is 15.9. The third-order valence-electron chi connectivity index (χ3n) is 5.40. The molecule has 3 aromatic heterocycles. The van der Waals surface area contributed by atoms with Crippen LogP contribution in [0.3, 0.4) is 0 Å². The molecule has 3 heterocycles. The maximum absolute atomic E-state index is 6.26. The summed E-state index contributed by atoms with van der Waals surface area (Å²) in [6.07, 6.45) is 1.95. The minimum absolute atomic E-state index is 0.584. The number of nitrogens with zero attached hydrogens (tertiary/aromatic N) is 5. The van der Waals surface area contributed by atoms with Crippen molar-refractivity contribution in [2.45, 2.75) is 19.0 Å². The van der Waals surface area contributed by atoms with Crippen molar-refractivity contribution in [3.8, 4) is 28.5 Å². The minimum atomic E-state index is 0.584.